The van der Waals surface area contributed by atoms with Gasteiger partial charge in [0.15, 0.2) is 6.23 Å². The van der Waals surface area contributed by atoms with Crippen LogP contribution in [0.15, 0.2) is 18.8 Å². The first-order chi connectivity index (χ1) is 9.25. The van der Waals surface area contributed by atoms with Gasteiger partial charge in [-0.2, -0.15) is 13.2 Å². The third-order valence-electron chi connectivity index (χ3n) is 2.96. The largest absolute Gasteiger partial charge is 0.417 e. The highest BCUT2D eigenvalue weighted by Crippen LogP contribution is 2.35. The maximum Gasteiger partial charge on any atom is 0.417 e. The number of anilines is 1. The summed E-state index contributed by atoms with van der Waals surface area (Å²) < 4.78 is 38.8. The number of β-amino-alcohol motifs (C(OH)–C–C–N with tert-alkyl or cyclic N) is 1. The summed E-state index contributed by atoms with van der Waals surface area (Å²) in [7, 11) is 1.44. The molecule has 1 aliphatic heterocycles. The summed E-state index contributed by atoms with van der Waals surface area (Å²) in [6, 6.07) is 0.126. The van der Waals surface area contributed by atoms with Gasteiger partial charge in [0.25, 0.3) is 0 Å². The van der Waals surface area contributed by atoms with E-state index in [2.05, 4.69) is 11.6 Å². The van der Waals surface area contributed by atoms with Crippen LogP contribution in [0.3, 0.4) is 0 Å². The highest BCUT2D eigenvalue weighted by atomic mass is 19.4. The van der Waals surface area contributed by atoms with Crippen LogP contribution in [-0.4, -0.2) is 40.8 Å². The molecule has 0 radical (unpaired) electrons. The van der Waals surface area contributed by atoms with E-state index in [4.69, 9.17) is 0 Å². The summed E-state index contributed by atoms with van der Waals surface area (Å²) in [6.07, 6.45) is -3.81. The fourth-order valence-corrected chi connectivity index (χ4v) is 1.96. The first-order valence-corrected chi connectivity index (χ1v) is 5.67. The number of likely N-dealkylation sites (N-methyl/N-ethyl adjacent to an activating group) is 1. The second-order valence-electron chi connectivity index (χ2n) is 4.35. The predicted octanol–water partition coefficient (Wildman–Crippen LogP) is 1.93. The van der Waals surface area contributed by atoms with Gasteiger partial charge in [0.05, 0.1) is 12.1 Å². The van der Waals surface area contributed by atoms with Crippen LogP contribution >= 0.6 is 0 Å². The molecule has 0 aliphatic carbocycles. The Kier molecular flexibility index (Phi) is 3.43. The summed E-state index contributed by atoms with van der Waals surface area (Å²) in [5, 5.41) is 9.73. The minimum Gasteiger partial charge on any atom is -0.371 e. The maximum atomic E-state index is 12.9. The number of hydrogen-bond acceptors (Lipinski definition) is 3. The van der Waals surface area contributed by atoms with Crippen LogP contribution in [0, 0.1) is 0 Å². The Labute approximate surface area is 112 Å². The fraction of sp³-hybridized carbons (Fsp3) is 0.333. The Morgan fingerprint density at radius 2 is 2.20 bits per heavy atom. The first kappa shape index (κ1) is 14.3. The molecule has 5 nitrogen and oxygen atoms in total. The lowest BCUT2D eigenvalue weighted by molar-refractivity contribution is -0.137. The summed E-state index contributed by atoms with van der Waals surface area (Å²) in [5.41, 5.74) is -1.14. The number of nitrogens with zero attached hydrogens (tertiary/aromatic N) is 3. The Balaban J connectivity index is 2.49. The molecular weight excluding hydrogens is 275 g/mol. The highest BCUT2D eigenvalue weighted by molar-refractivity contribution is 5.93. The number of alkyl halides is 3. The Morgan fingerprint density at radius 3 is 2.65 bits per heavy atom. The molecule has 1 aliphatic rings. The standard InChI is InChI=1S/C12H12F3N3O2/c1-3-7-5-16-9(4-8(7)12(13,14)15)18-10(19)6-17(2)11(18)20/h3-5,10,19H,1,6H2,2H3. The second kappa shape index (κ2) is 4.78. The molecule has 1 atom stereocenters. The number of rotatable bonds is 2. The zero-order chi connectivity index (χ0) is 15.1. The highest BCUT2D eigenvalue weighted by Gasteiger charge is 2.38. The number of aliphatic hydroxyl groups is 1. The fourth-order valence-electron chi connectivity index (χ4n) is 1.96. The molecule has 0 bridgehead atoms. The number of hydrogen-bond donors (Lipinski definition) is 1. The van der Waals surface area contributed by atoms with Crippen LogP contribution in [0.5, 0.6) is 0 Å². The third kappa shape index (κ3) is 2.34. The molecule has 1 unspecified atom stereocenters. The molecule has 1 aromatic heterocycles. The number of urea groups is 1. The maximum absolute atomic E-state index is 12.9. The number of aromatic nitrogens is 1. The normalized spacial score (nSPS) is 19.6. The molecule has 20 heavy (non-hydrogen) atoms. The molecule has 8 heteroatoms. The van der Waals surface area contributed by atoms with Crippen LogP contribution in [0.1, 0.15) is 11.1 Å². The molecule has 2 rings (SSSR count). The topological polar surface area (TPSA) is 56.7 Å². The molecule has 1 aromatic rings. The van der Waals surface area contributed by atoms with E-state index in [0.29, 0.717) is 0 Å². The average molecular weight is 287 g/mol. The van der Waals surface area contributed by atoms with Gasteiger partial charge in [0, 0.05) is 18.8 Å². The number of amides is 2. The second-order valence-corrected chi connectivity index (χ2v) is 4.35. The molecule has 108 valence electrons. The molecule has 1 N–H and O–H groups in total. The monoisotopic (exact) mass is 287 g/mol. The zero-order valence-corrected chi connectivity index (χ0v) is 10.6. The van der Waals surface area contributed by atoms with E-state index >= 15 is 0 Å². The number of carbonyl (C=O) groups is 1. The van der Waals surface area contributed by atoms with Gasteiger partial charge in [-0.3, -0.25) is 0 Å². The molecular formula is C12H12F3N3O2. The average Bonchev–Trinajstić information content (AvgIpc) is 2.61. The van der Waals surface area contributed by atoms with Gasteiger partial charge in [-0.05, 0) is 6.07 Å². The number of halogens is 3. The smallest absolute Gasteiger partial charge is 0.371 e. The van der Waals surface area contributed by atoms with Crippen molar-refractivity contribution in [3.63, 3.8) is 0 Å². The minimum absolute atomic E-state index is 0.00503. The van der Waals surface area contributed by atoms with E-state index in [1.54, 1.807) is 0 Å². The van der Waals surface area contributed by atoms with Crippen LogP contribution in [-0.2, 0) is 6.18 Å². The summed E-state index contributed by atoms with van der Waals surface area (Å²) in [5.74, 6) is -0.246. The van der Waals surface area contributed by atoms with E-state index in [0.717, 1.165) is 23.2 Å². The lowest BCUT2D eigenvalue weighted by atomic mass is 10.1. The van der Waals surface area contributed by atoms with Crippen molar-refractivity contribution in [2.24, 2.45) is 0 Å². The van der Waals surface area contributed by atoms with Gasteiger partial charge in [0.1, 0.15) is 5.82 Å². The van der Waals surface area contributed by atoms with Crippen LogP contribution in [0.4, 0.5) is 23.8 Å². The van der Waals surface area contributed by atoms with E-state index < -0.39 is 24.0 Å². The summed E-state index contributed by atoms with van der Waals surface area (Å²) in [4.78, 5) is 17.6. The Bertz CT molecular complexity index is 559. The number of carbonyl (C=O) groups excluding carboxylic acids is 1. The van der Waals surface area contributed by atoms with E-state index in [9.17, 15) is 23.1 Å². The zero-order valence-electron chi connectivity index (χ0n) is 10.6. The molecule has 1 saturated heterocycles. The van der Waals surface area contributed by atoms with Crippen LogP contribution in [0.2, 0.25) is 0 Å². The Hall–Kier alpha value is -2.09. The van der Waals surface area contributed by atoms with Gasteiger partial charge >= 0.3 is 12.2 Å². The van der Waals surface area contributed by atoms with E-state index in [1.807, 2.05) is 0 Å². The van der Waals surface area contributed by atoms with Crippen molar-refractivity contribution in [2.75, 3.05) is 18.5 Å². The first-order valence-electron chi connectivity index (χ1n) is 5.67. The predicted molar refractivity (Wildman–Crippen MR) is 65.8 cm³/mol. The minimum atomic E-state index is -4.60. The Morgan fingerprint density at radius 1 is 1.55 bits per heavy atom. The molecule has 2 heterocycles. The summed E-state index contributed by atoms with van der Waals surface area (Å²) >= 11 is 0. The van der Waals surface area contributed by atoms with Crippen LogP contribution in [0.25, 0.3) is 6.08 Å². The van der Waals surface area contributed by atoms with Gasteiger partial charge < -0.3 is 10.0 Å². The van der Waals surface area contributed by atoms with Gasteiger partial charge in [-0.1, -0.05) is 12.7 Å². The number of pyridine rings is 1. The third-order valence-corrected chi connectivity index (χ3v) is 2.96. The van der Waals surface area contributed by atoms with E-state index in [1.165, 1.54) is 11.9 Å². The van der Waals surface area contributed by atoms with Crippen molar-refractivity contribution in [3.05, 3.63) is 30.0 Å². The lowest BCUT2D eigenvalue weighted by Crippen LogP contribution is -2.35. The van der Waals surface area contributed by atoms with Crippen molar-refractivity contribution in [1.29, 1.82) is 0 Å². The molecule has 0 spiro atoms. The van der Waals surface area contributed by atoms with Gasteiger partial charge in [-0.25, -0.2) is 14.7 Å². The molecule has 1 fully saturated rings. The molecule has 0 saturated carbocycles. The summed E-state index contributed by atoms with van der Waals surface area (Å²) in [6.45, 7) is 3.30. The molecule has 2 amide bonds. The lowest BCUT2D eigenvalue weighted by Gasteiger charge is -2.20. The molecule has 0 aromatic carbocycles. The van der Waals surface area contributed by atoms with Crippen LogP contribution < -0.4 is 4.90 Å². The van der Waals surface area contributed by atoms with Crippen molar-refractivity contribution in [2.45, 2.75) is 12.4 Å². The SMILES string of the molecule is C=Cc1cnc(N2C(=O)N(C)CC2O)cc1C(F)(F)F. The van der Waals surface area contributed by atoms with Crippen molar-refractivity contribution < 1.29 is 23.1 Å². The van der Waals surface area contributed by atoms with E-state index in [-0.39, 0.29) is 17.9 Å². The van der Waals surface area contributed by atoms with Gasteiger partial charge in [0.2, 0.25) is 0 Å². The van der Waals surface area contributed by atoms with Crippen molar-refractivity contribution in [1.82, 2.24) is 9.88 Å². The van der Waals surface area contributed by atoms with Crippen molar-refractivity contribution >= 4 is 17.9 Å². The van der Waals surface area contributed by atoms with Crippen molar-refractivity contribution in [3.8, 4) is 0 Å². The number of aliphatic hydroxyl groups excluding tert-OH is 1. The quantitative estimate of drug-likeness (QED) is 0.904. The van der Waals surface area contributed by atoms with Gasteiger partial charge in [-0.15, -0.1) is 0 Å².